The van der Waals surface area contributed by atoms with Gasteiger partial charge < -0.3 is 21.3 Å². The number of hydrogen-bond donors (Lipinski definition) is 3. The highest BCUT2D eigenvalue weighted by Gasteiger charge is 2.36. The van der Waals surface area contributed by atoms with Crippen LogP contribution < -0.4 is 16.4 Å². The molecule has 1 fully saturated rings. The Morgan fingerprint density at radius 2 is 1.91 bits per heavy atom. The maximum atomic E-state index is 12.4. The van der Waals surface area contributed by atoms with Gasteiger partial charge in [0.2, 0.25) is 5.91 Å². The number of hydrogen-bond acceptors (Lipinski definition) is 3. The highest BCUT2D eigenvalue weighted by molar-refractivity contribution is 5.95. The minimum absolute atomic E-state index is 0. The lowest BCUT2D eigenvalue weighted by molar-refractivity contribution is -0.135. The molecule has 0 aromatic heterocycles. The molecular weight excluding hydrogens is 304 g/mol. The second kappa shape index (κ2) is 7.47. The van der Waals surface area contributed by atoms with Gasteiger partial charge in [-0.15, -0.1) is 12.4 Å². The van der Waals surface area contributed by atoms with Crippen molar-refractivity contribution in [3.8, 4) is 0 Å². The highest BCUT2D eigenvalue weighted by Crippen LogP contribution is 2.15. The first kappa shape index (κ1) is 18.3. The van der Waals surface area contributed by atoms with E-state index in [1.165, 1.54) is 0 Å². The van der Waals surface area contributed by atoms with Crippen LogP contribution in [-0.2, 0) is 4.79 Å². The van der Waals surface area contributed by atoms with Crippen LogP contribution in [0.25, 0.3) is 0 Å². The Bertz CT molecular complexity index is 522. The van der Waals surface area contributed by atoms with E-state index in [1.54, 1.807) is 30.9 Å². The molecule has 0 bridgehead atoms. The molecule has 1 aromatic rings. The molecule has 0 radical (unpaired) electrons. The lowest BCUT2D eigenvalue weighted by Gasteiger charge is -2.30. The van der Waals surface area contributed by atoms with E-state index in [1.807, 2.05) is 18.2 Å². The Morgan fingerprint density at radius 3 is 2.45 bits per heavy atom. The predicted molar refractivity (Wildman–Crippen MR) is 89.1 cm³/mol. The summed E-state index contributed by atoms with van der Waals surface area (Å²) in [6.07, 6.45) is 0.804. The van der Waals surface area contributed by atoms with Gasteiger partial charge in [0.1, 0.15) is 5.54 Å². The summed E-state index contributed by atoms with van der Waals surface area (Å²) in [4.78, 5) is 26.1. The monoisotopic (exact) mass is 326 g/mol. The van der Waals surface area contributed by atoms with Gasteiger partial charge in [-0.05, 0) is 32.4 Å². The fourth-order valence-corrected chi connectivity index (χ4v) is 2.39. The average Bonchev–Trinajstić information content (AvgIpc) is 2.84. The molecule has 1 aliphatic heterocycles. The molecule has 1 heterocycles. The average molecular weight is 327 g/mol. The number of urea groups is 1. The number of nitrogens with one attached hydrogen (secondary N) is 2. The van der Waals surface area contributed by atoms with Crippen LogP contribution in [0.2, 0.25) is 0 Å². The van der Waals surface area contributed by atoms with Crippen LogP contribution in [0.5, 0.6) is 0 Å². The minimum atomic E-state index is -0.969. The van der Waals surface area contributed by atoms with E-state index < -0.39 is 11.6 Å². The maximum absolute atomic E-state index is 12.4. The number of nitrogens with two attached hydrogens (primary N) is 1. The molecule has 0 saturated carbocycles. The zero-order chi connectivity index (χ0) is 15.5. The lowest BCUT2D eigenvalue weighted by Crippen LogP contribution is -2.56. The number of benzene rings is 1. The minimum Gasteiger partial charge on any atom is -0.339 e. The number of halogens is 1. The number of rotatable bonds is 3. The van der Waals surface area contributed by atoms with E-state index >= 15 is 0 Å². The van der Waals surface area contributed by atoms with Crippen molar-refractivity contribution >= 4 is 30.0 Å². The SMILES string of the molecule is CC(C)(NC(=O)Nc1ccccc1)C(=O)N1CC[C@@H](N)C1.Cl. The van der Waals surface area contributed by atoms with E-state index in [0.717, 1.165) is 6.42 Å². The van der Waals surface area contributed by atoms with Crippen molar-refractivity contribution in [3.05, 3.63) is 30.3 Å². The van der Waals surface area contributed by atoms with Crippen molar-refractivity contribution in [1.82, 2.24) is 10.2 Å². The van der Waals surface area contributed by atoms with Crippen LogP contribution in [0.3, 0.4) is 0 Å². The third-order valence-electron chi connectivity index (χ3n) is 3.50. The Morgan fingerprint density at radius 1 is 1.27 bits per heavy atom. The topological polar surface area (TPSA) is 87.5 Å². The number of amides is 3. The number of anilines is 1. The van der Waals surface area contributed by atoms with Gasteiger partial charge in [-0.3, -0.25) is 4.79 Å². The van der Waals surface area contributed by atoms with Crippen molar-refractivity contribution in [1.29, 1.82) is 0 Å². The summed E-state index contributed by atoms with van der Waals surface area (Å²) in [5.41, 5.74) is 5.53. The quantitative estimate of drug-likeness (QED) is 0.788. The first-order valence-corrected chi connectivity index (χ1v) is 7.07. The number of carbonyl (C=O) groups excluding carboxylic acids is 2. The normalized spacial score (nSPS) is 17.6. The van der Waals surface area contributed by atoms with Crippen molar-refractivity contribution in [3.63, 3.8) is 0 Å². The van der Waals surface area contributed by atoms with Crippen molar-refractivity contribution in [2.24, 2.45) is 5.73 Å². The third-order valence-corrected chi connectivity index (χ3v) is 3.50. The first-order valence-electron chi connectivity index (χ1n) is 7.07. The van der Waals surface area contributed by atoms with Gasteiger partial charge in [-0.2, -0.15) is 0 Å². The summed E-state index contributed by atoms with van der Waals surface area (Å²) in [6.45, 7) is 4.59. The molecule has 0 unspecified atom stereocenters. The van der Waals surface area contributed by atoms with Crippen LogP contribution in [-0.4, -0.2) is 41.5 Å². The molecule has 1 aliphatic rings. The van der Waals surface area contributed by atoms with E-state index in [0.29, 0.717) is 18.8 Å². The van der Waals surface area contributed by atoms with Gasteiger partial charge in [0.05, 0.1) is 0 Å². The smallest absolute Gasteiger partial charge is 0.320 e. The summed E-state index contributed by atoms with van der Waals surface area (Å²) in [5, 5.41) is 5.42. The molecule has 122 valence electrons. The fraction of sp³-hybridized carbons (Fsp3) is 0.467. The molecular formula is C15H23ClN4O2. The lowest BCUT2D eigenvalue weighted by atomic mass is 10.0. The van der Waals surface area contributed by atoms with Crippen molar-refractivity contribution in [2.75, 3.05) is 18.4 Å². The maximum Gasteiger partial charge on any atom is 0.320 e. The van der Waals surface area contributed by atoms with Crippen molar-refractivity contribution in [2.45, 2.75) is 31.8 Å². The molecule has 6 nitrogen and oxygen atoms in total. The van der Waals surface area contributed by atoms with Crippen LogP contribution >= 0.6 is 12.4 Å². The number of likely N-dealkylation sites (tertiary alicyclic amines) is 1. The fourth-order valence-electron chi connectivity index (χ4n) is 2.39. The van der Waals surface area contributed by atoms with Gasteiger partial charge in [0, 0.05) is 24.8 Å². The molecule has 1 saturated heterocycles. The summed E-state index contributed by atoms with van der Waals surface area (Å²) >= 11 is 0. The number of para-hydroxylation sites is 1. The zero-order valence-electron chi connectivity index (χ0n) is 12.8. The van der Waals surface area contributed by atoms with Crippen molar-refractivity contribution < 1.29 is 9.59 Å². The molecule has 1 atom stereocenters. The van der Waals surface area contributed by atoms with Gasteiger partial charge in [0.25, 0.3) is 0 Å². The standard InChI is InChI=1S/C15H22N4O2.ClH/c1-15(2,13(20)19-9-8-11(16)10-19)18-14(21)17-12-6-4-3-5-7-12;/h3-7,11H,8-10,16H2,1-2H3,(H2,17,18,21);1H/t11-;/m1./s1. The predicted octanol–water partition coefficient (Wildman–Crippen LogP) is 1.57. The molecule has 4 N–H and O–H groups in total. The second-order valence-electron chi connectivity index (χ2n) is 5.87. The second-order valence-corrected chi connectivity index (χ2v) is 5.87. The Hall–Kier alpha value is -1.79. The van der Waals surface area contributed by atoms with Crippen LogP contribution in [0.15, 0.2) is 30.3 Å². The van der Waals surface area contributed by atoms with Crippen LogP contribution in [0.4, 0.5) is 10.5 Å². The number of carbonyl (C=O) groups is 2. The van der Waals surface area contributed by atoms with E-state index in [-0.39, 0.29) is 24.4 Å². The molecule has 0 aliphatic carbocycles. The molecule has 22 heavy (non-hydrogen) atoms. The first-order chi connectivity index (χ1) is 9.88. The molecule has 1 aromatic carbocycles. The van der Waals surface area contributed by atoms with Crippen LogP contribution in [0, 0.1) is 0 Å². The van der Waals surface area contributed by atoms with Gasteiger partial charge in [-0.25, -0.2) is 4.79 Å². The van der Waals surface area contributed by atoms with E-state index in [9.17, 15) is 9.59 Å². The van der Waals surface area contributed by atoms with E-state index in [4.69, 9.17) is 5.73 Å². The molecule has 2 rings (SSSR count). The molecule has 3 amide bonds. The summed E-state index contributed by atoms with van der Waals surface area (Å²) in [6, 6.07) is 8.73. The molecule has 7 heteroatoms. The van der Waals surface area contributed by atoms with Gasteiger partial charge in [0.15, 0.2) is 0 Å². The summed E-state index contributed by atoms with van der Waals surface area (Å²) < 4.78 is 0. The van der Waals surface area contributed by atoms with Crippen LogP contribution in [0.1, 0.15) is 20.3 Å². The van der Waals surface area contributed by atoms with E-state index in [2.05, 4.69) is 10.6 Å². The largest absolute Gasteiger partial charge is 0.339 e. The zero-order valence-corrected chi connectivity index (χ0v) is 13.7. The molecule has 0 spiro atoms. The number of nitrogens with zero attached hydrogens (tertiary/aromatic N) is 1. The van der Waals surface area contributed by atoms with Gasteiger partial charge in [-0.1, -0.05) is 18.2 Å². The summed E-state index contributed by atoms with van der Waals surface area (Å²) in [7, 11) is 0. The highest BCUT2D eigenvalue weighted by atomic mass is 35.5. The Kier molecular flexibility index (Phi) is 6.20. The third kappa shape index (κ3) is 4.61. The Balaban J connectivity index is 0.00000242. The Labute approximate surface area is 136 Å². The summed E-state index contributed by atoms with van der Waals surface area (Å²) in [5.74, 6) is -0.112. The van der Waals surface area contributed by atoms with Gasteiger partial charge >= 0.3 is 6.03 Å².